The van der Waals surface area contributed by atoms with Gasteiger partial charge in [-0.15, -0.1) is 0 Å². The molecule has 7 heteroatoms. The molecule has 0 heterocycles. The number of alkyl halides is 3. The van der Waals surface area contributed by atoms with Crippen LogP contribution in [0.3, 0.4) is 0 Å². The molecule has 150 valence electrons. The zero-order valence-corrected chi connectivity index (χ0v) is 16.0. The van der Waals surface area contributed by atoms with Crippen LogP contribution in [0.25, 0.3) is 0 Å². The van der Waals surface area contributed by atoms with Gasteiger partial charge in [-0.05, 0) is 74.1 Å². The minimum atomic E-state index is -4.45. The Kier molecular flexibility index (Phi) is 6.50. The Bertz CT molecular complexity index is 800. The Labute approximate surface area is 167 Å². The molecular weight excluding hydrogens is 389 g/mol. The van der Waals surface area contributed by atoms with Crippen molar-refractivity contribution in [2.75, 3.05) is 11.9 Å². The smallest absolute Gasteiger partial charge is 0.385 e. The van der Waals surface area contributed by atoms with Crippen LogP contribution in [-0.4, -0.2) is 18.5 Å². The van der Waals surface area contributed by atoms with Crippen molar-refractivity contribution in [1.82, 2.24) is 5.32 Å². The van der Waals surface area contributed by atoms with E-state index < -0.39 is 17.6 Å². The average molecular weight is 411 g/mol. The first kappa shape index (κ1) is 20.5. The van der Waals surface area contributed by atoms with Crippen molar-refractivity contribution in [2.45, 2.75) is 37.9 Å². The molecule has 0 radical (unpaired) electrons. The Balaban J connectivity index is 1.46. The molecular formula is C21H22ClF3N2O. The molecule has 0 aliphatic heterocycles. The lowest BCUT2D eigenvalue weighted by Crippen LogP contribution is -2.38. The summed E-state index contributed by atoms with van der Waals surface area (Å²) >= 11 is 5.88. The molecule has 0 saturated heterocycles. The van der Waals surface area contributed by atoms with Gasteiger partial charge in [-0.2, -0.15) is 13.2 Å². The fourth-order valence-corrected chi connectivity index (χ4v) is 3.57. The van der Waals surface area contributed by atoms with E-state index in [0.717, 1.165) is 50.0 Å². The van der Waals surface area contributed by atoms with Crippen molar-refractivity contribution in [1.29, 1.82) is 0 Å². The van der Waals surface area contributed by atoms with Crippen molar-refractivity contribution in [2.24, 2.45) is 5.92 Å². The standard InChI is InChI=1S/C21H22ClF3N2O/c22-17-6-10-18(11-7-17)26-13-14-4-8-19(9-5-14)27-20(28)15-2-1-3-16(12-15)21(23,24)25/h1-3,6-7,10-12,14,19,26H,4-5,8-9,13H2,(H,27,28). The van der Waals surface area contributed by atoms with Gasteiger partial charge in [-0.25, -0.2) is 0 Å². The molecule has 1 aliphatic rings. The topological polar surface area (TPSA) is 41.1 Å². The number of amides is 1. The fourth-order valence-electron chi connectivity index (χ4n) is 3.45. The Morgan fingerprint density at radius 1 is 1.04 bits per heavy atom. The monoisotopic (exact) mass is 410 g/mol. The second-order valence-electron chi connectivity index (χ2n) is 7.16. The van der Waals surface area contributed by atoms with Crippen LogP contribution in [0.1, 0.15) is 41.6 Å². The first-order valence-corrected chi connectivity index (χ1v) is 9.66. The van der Waals surface area contributed by atoms with Crippen molar-refractivity contribution in [3.05, 3.63) is 64.7 Å². The maximum atomic E-state index is 12.8. The predicted octanol–water partition coefficient (Wildman–Crippen LogP) is 5.76. The van der Waals surface area contributed by atoms with Crippen molar-refractivity contribution < 1.29 is 18.0 Å². The molecule has 2 N–H and O–H groups in total. The van der Waals surface area contributed by atoms with E-state index in [1.807, 2.05) is 24.3 Å². The summed E-state index contributed by atoms with van der Waals surface area (Å²) < 4.78 is 38.4. The van der Waals surface area contributed by atoms with Gasteiger partial charge in [0.1, 0.15) is 0 Å². The summed E-state index contributed by atoms with van der Waals surface area (Å²) in [5, 5.41) is 6.96. The summed E-state index contributed by atoms with van der Waals surface area (Å²) in [5.74, 6) is 0.0474. The SMILES string of the molecule is O=C(NC1CCC(CNc2ccc(Cl)cc2)CC1)c1cccc(C(F)(F)F)c1. The number of hydrogen-bond acceptors (Lipinski definition) is 2. The molecule has 1 fully saturated rings. The summed E-state index contributed by atoms with van der Waals surface area (Å²) in [7, 11) is 0. The van der Waals surface area contributed by atoms with Gasteiger partial charge in [0, 0.05) is 28.9 Å². The normalized spacial score (nSPS) is 19.9. The van der Waals surface area contributed by atoms with E-state index in [1.165, 1.54) is 12.1 Å². The zero-order chi connectivity index (χ0) is 20.1. The molecule has 2 aromatic carbocycles. The van der Waals surface area contributed by atoms with E-state index in [1.54, 1.807) is 0 Å². The third-order valence-electron chi connectivity index (χ3n) is 5.07. The van der Waals surface area contributed by atoms with E-state index in [0.29, 0.717) is 10.9 Å². The largest absolute Gasteiger partial charge is 0.416 e. The molecule has 0 atom stereocenters. The van der Waals surface area contributed by atoms with Crippen LogP contribution in [0.4, 0.5) is 18.9 Å². The van der Waals surface area contributed by atoms with Crippen LogP contribution in [-0.2, 0) is 6.18 Å². The van der Waals surface area contributed by atoms with Crippen LogP contribution in [0.15, 0.2) is 48.5 Å². The fraction of sp³-hybridized carbons (Fsp3) is 0.381. The molecule has 0 spiro atoms. The third kappa shape index (κ3) is 5.64. The molecule has 0 aromatic heterocycles. The van der Waals surface area contributed by atoms with Crippen molar-refractivity contribution in [3.8, 4) is 0 Å². The van der Waals surface area contributed by atoms with Crippen molar-refractivity contribution in [3.63, 3.8) is 0 Å². The van der Waals surface area contributed by atoms with Gasteiger partial charge >= 0.3 is 6.18 Å². The van der Waals surface area contributed by atoms with Crippen LogP contribution < -0.4 is 10.6 Å². The number of halogens is 4. The van der Waals surface area contributed by atoms with Gasteiger partial charge < -0.3 is 10.6 Å². The lowest BCUT2D eigenvalue weighted by molar-refractivity contribution is -0.137. The summed E-state index contributed by atoms with van der Waals surface area (Å²) in [4.78, 5) is 12.3. The van der Waals surface area contributed by atoms with Gasteiger partial charge in [-0.3, -0.25) is 4.79 Å². The maximum absolute atomic E-state index is 12.8. The molecule has 2 aromatic rings. The van der Waals surface area contributed by atoms with Crippen LogP contribution in [0, 0.1) is 5.92 Å². The third-order valence-corrected chi connectivity index (χ3v) is 5.33. The van der Waals surface area contributed by atoms with Gasteiger partial charge in [0.15, 0.2) is 0 Å². The zero-order valence-electron chi connectivity index (χ0n) is 15.2. The minimum Gasteiger partial charge on any atom is -0.385 e. The highest BCUT2D eigenvalue weighted by molar-refractivity contribution is 6.30. The molecule has 1 saturated carbocycles. The van der Waals surface area contributed by atoms with Gasteiger partial charge in [0.05, 0.1) is 5.56 Å². The number of nitrogens with one attached hydrogen (secondary N) is 2. The highest BCUT2D eigenvalue weighted by atomic mass is 35.5. The van der Waals surface area contributed by atoms with E-state index in [9.17, 15) is 18.0 Å². The van der Waals surface area contributed by atoms with Gasteiger partial charge in [-0.1, -0.05) is 17.7 Å². The van der Waals surface area contributed by atoms with E-state index in [-0.39, 0.29) is 11.6 Å². The first-order chi connectivity index (χ1) is 13.3. The Hall–Kier alpha value is -2.21. The van der Waals surface area contributed by atoms with Crippen LogP contribution in [0.2, 0.25) is 5.02 Å². The second-order valence-corrected chi connectivity index (χ2v) is 7.59. The number of carbonyl (C=O) groups is 1. The highest BCUT2D eigenvalue weighted by Gasteiger charge is 2.31. The predicted molar refractivity (Wildman–Crippen MR) is 105 cm³/mol. The lowest BCUT2D eigenvalue weighted by Gasteiger charge is -2.29. The second kappa shape index (κ2) is 8.86. The van der Waals surface area contributed by atoms with Crippen LogP contribution in [0.5, 0.6) is 0 Å². The molecule has 0 unspecified atom stereocenters. The summed E-state index contributed by atoms with van der Waals surface area (Å²) in [6, 6.07) is 12.1. The van der Waals surface area contributed by atoms with Crippen LogP contribution >= 0.6 is 11.6 Å². The minimum absolute atomic E-state index is 0.00572. The van der Waals surface area contributed by atoms with E-state index >= 15 is 0 Å². The number of hydrogen-bond donors (Lipinski definition) is 2. The molecule has 0 bridgehead atoms. The summed E-state index contributed by atoms with van der Waals surface area (Å²) in [5.41, 5.74) is 0.253. The first-order valence-electron chi connectivity index (χ1n) is 9.29. The lowest BCUT2D eigenvalue weighted by atomic mass is 9.86. The average Bonchev–Trinajstić information content (AvgIpc) is 2.68. The quantitative estimate of drug-likeness (QED) is 0.658. The molecule has 3 rings (SSSR count). The Morgan fingerprint density at radius 2 is 1.71 bits per heavy atom. The number of benzene rings is 2. The molecule has 28 heavy (non-hydrogen) atoms. The maximum Gasteiger partial charge on any atom is 0.416 e. The van der Waals surface area contributed by atoms with E-state index in [4.69, 9.17) is 11.6 Å². The number of anilines is 1. The van der Waals surface area contributed by atoms with Gasteiger partial charge in [0.25, 0.3) is 5.91 Å². The van der Waals surface area contributed by atoms with Gasteiger partial charge in [0.2, 0.25) is 0 Å². The Morgan fingerprint density at radius 3 is 2.36 bits per heavy atom. The summed E-state index contributed by atoms with van der Waals surface area (Å²) in [6.45, 7) is 0.843. The molecule has 1 aliphatic carbocycles. The molecule has 3 nitrogen and oxygen atoms in total. The highest BCUT2D eigenvalue weighted by Crippen LogP contribution is 2.30. The summed E-state index contributed by atoms with van der Waals surface area (Å²) in [6.07, 6.45) is -0.914. The van der Waals surface area contributed by atoms with E-state index in [2.05, 4.69) is 10.6 Å². The van der Waals surface area contributed by atoms with Crippen molar-refractivity contribution >= 4 is 23.2 Å². The number of rotatable bonds is 5. The number of carbonyl (C=O) groups excluding carboxylic acids is 1. The molecule has 1 amide bonds.